The highest BCUT2D eigenvalue weighted by molar-refractivity contribution is 5.78. The van der Waals surface area contributed by atoms with E-state index in [1.165, 1.54) is 31.5 Å². The van der Waals surface area contributed by atoms with Gasteiger partial charge in [0.05, 0.1) is 30.2 Å². The van der Waals surface area contributed by atoms with Crippen molar-refractivity contribution in [2.24, 2.45) is 0 Å². The van der Waals surface area contributed by atoms with E-state index >= 15 is 0 Å². The van der Waals surface area contributed by atoms with Gasteiger partial charge in [-0.25, -0.2) is 10.2 Å². The predicted octanol–water partition coefficient (Wildman–Crippen LogP) is 2.57. The zero-order chi connectivity index (χ0) is 26.9. The molecule has 0 radical (unpaired) electrons. The maximum absolute atomic E-state index is 12.9. The minimum absolute atomic E-state index is 0.152. The molecular formula is C23H16F3N9O3. The number of hydrogen-bond donors (Lipinski definition) is 2. The van der Waals surface area contributed by atoms with E-state index in [0.29, 0.717) is 16.9 Å². The molecule has 0 bridgehead atoms. The summed E-state index contributed by atoms with van der Waals surface area (Å²) in [5.74, 6) is 0.152. The third-order valence-corrected chi connectivity index (χ3v) is 5.36. The average molecular weight is 523 g/mol. The number of aromatic nitrogens is 9. The molecule has 0 aliphatic carbocycles. The topological polar surface area (TPSA) is 149 Å². The van der Waals surface area contributed by atoms with Crippen LogP contribution >= 0.6 is 0 Å². The van der Waals surface area contributed by atoms with E-state index in [1.807, 2.05) is 12.1 Å². The second-order valence-corrected chi connectivity index (χ2v) is 7.68. The van der Waals surface area contributed by atoms with Crippen LogP contribution in [0.25, 0.3) is 33.8 Å². The zero-order valence-corrected chi connectivity index (χ0v) is 19.3. The minimum Gasteiger partial charge on any atom is -0.481 e. The summed E-state index contributed by atoms with van der Waals surface area (Å²) in [6, 6.07) is 11.9. The summed E-state index contributed by atoms with van der Waals surface area (Å²) in [5.41, 5.74) is 1.22. The first kappa shape index (κ1) is 24.4. The number of H-pyrrole nitrogens is 2. The maximum atomic E-state index is 12.9. The first-order valence-corrected chi connectivity index (χ1v) is 10.8. The van der Waals surface area contributed by atoms with Crippen molar-refractivity contribution in [3.8, 4) is 34.2 Å². The Bertz CT molecular complexity index is 1800. The zero-order valence-electron chi connectivity index (χ0n) is 19.3. The molecule has 0 unspecified atom stereocenters. The summed E-state index contributed by atoms with van der Waals surface area (Å²) in [6.07, 6.45) is 0.366. The van der Waals surface area contributed by atoms with Gasteiger partial charge < -0.3 is 9.30 Å². The summed E-state index contributed by atoms with van der Waals surface area (Å²) < 4.78 is 46.4. The molecule has 0 atom stereocenters. The quantitative estimate of drug-likeness (QED) is 0.360. The normalized spacial score (nSPS) is 11.4. The van der Waals surface area contributed by atoms with Crippen LogP contribution in [0.1, 0.15) is 5.69 Å². The van der Waals surface area contributed by atoms with E-state index in [0.717, 1.165) is 22.0 Å². The Morgan fingerprint density at radius 1 is 1.00 bits per heavy atom. The fourth-order valence-corrected chi connectivity index (χ4v) is 3.66. The number of aromatic amines is 2. The number of rotatable bonds is 3. The molecule has 6 rings (SSSR count). The minimum atomic E-state index is -4.58. The van der Waals surface area contributed by atoms with Crippen LogP contribution in [0.3, 0.4) is 0 Å². The molecular weight excluding hydrogens is 507 g/mol. The number of nitrogens with zero attached hydrogens (tertiary/aromatic N) is 7. The van der Waals surface area contributed by atoms with E-state index < -0.39 is 17.4 Å². The van der Waals surface area contributed by atoms with Gasteiger partial charge in [-0.15, -0.1) is 5.10 Å². The van der Waals surface area contributed by atoms with Crippen molar-refractivity contribution in [2.45, 2.75) is 6.18 Å². The van der Waals surface area contributed by atoms with Gasteiger partial charge in [-0.2, -0.15) is 38.1 Å². The van der Waals surface area contributed by atoms with Crippen molar-refractivity contribution in [2.75, 3.05) is 7.11 Å². The molecule has 4 aromatic heterocycles. The second kappa shape index (κ2) is 9.61. The van der Waals surface area contributed by atoms with Crippen LogP contribution in [0.5, 0.6) is 5.88 Å². The summed E-state index contributed by atoms with van der Waals surface area (Å²) in [4.78, 5) is 22.7. The Balaban J connectivity index is 0.000000162. The molecule has 0 saturated heterocycles. The lowest BCUT2D eigenvalue weighted by Gasteiger charge is -2.08. The van der Waals surface area contributed by atoms with Gasteiger partial charge in [-0.1, -0.05) is 0 Å². The van der Waals surface area contributed by atoms with E-state index in [2.05, 4.69) is 35.7 Å². The Labute approximate surface area is 209 Å². The van der Waals surface area contributed by atoms with Crippen molar-refractivity contribution >= 4 is 5.52 Å². The molecule has 2 N–H and O–H groups in total. The predicted molar refractivity (Wildman–Crippen MR) is 127 cm³/mol. The molecule has 12 nitrogen and oxygen atoms in total. The van der Waals surface area contributed by atoms with Crippen molar-refractivity contribution in [3.05, 3.63) is 93.5 Å². The molecule has 2 aliphatic heterocycles. The standard InChI is InChI=1S/C13H9F3N4O2.C10H7N5O/c1-22-12-5-2-7(8-3-4-11(21)18-17-8)9-6-10(13(14,15)16)19-20(9)12;16-10-8(3-4-11-14-10)15-5-1-2-7-9(15)6-12-13-7/h2-6H,1H3,(H,18,21);1-6H,(H,14,16). The number of ether oxygens (including phenoxy) is 1. The fourth-order valence-electron chi connectivity index (χ4n) is 3.66. The van der Waals surface area contributed by atoms with Crippen LogP contribution in [0.2, 0.25) is 0 Å². The fraction of sp³-hybridized carbons (Fsp3) is 0.0870. The van der Waals surface area contributed by atoms with Gasteiger partial charge in [0.2, 0.25) is 5.88 Å². The SMILES string of the molecule is COc1ccc(-c2ccc(=O)[nH]n2)c2cc(C(F)(F)F)nn12.O=c1[nH]nccc1-n1cccc2nncc1-2. The lowest BCUT2D eigenvalue weighted by Crippen LogP contribution is -2.16. The lowest BCUT2D eigenvalue weighted by molar-refractivity contribution is -0.141. The number of hydrogen-bond acceptors (Lipinski definition) is 8. The summed E-state index contributed by atoms with van der Waals surface area (Å²) in [7, 11) is 1.33. The highest BCUT2D eigenvalue weighted by atomic mass is 19.4. The maximum Gasteiger partial charge on any atom is 0.435 e. The van der Waals surface area contributed by atoms with Crippen molar-refractivity contribution < 1.29 is 17.9 Å². The molecule has 0 amide bonds. The van der Waals surface area contributed by atoms with Gasteiger partial charge in [0.1, 0.15) is 11.4 Å². The van der Waals surface area contributed by atoms with Crippen LogP contribution in [0.15, 0.2) is 76.7 Å². The monoisotopic (exact) mass is 523 g/mol. The Hall–Kier alpha value is -5.34. The summed E-state index contributed by atoms with van der Waals surface area (Å²) in [5, 5.41) is 23.4. The van der Waals surface area contributed by atoms with Crippen molar-refractivity contribution in [1.29, 1.82) is 0 Å². The Morgan fingerprint density at radius 3 is 2.55 bits per heavy atom. The third kappa shape index (κ3) is 4.59. The molecule has 0 aromatic carbocycles. The molecule has 0 spiro atoms. The smallest absolute Gasteiger partial charge is 0.435 e. The first-order chi connectivity index (χ1) is 18.3. The first-order valence-electron chi connectivity index (χ1n) is 10.8. The van der Waals surface area contributed by atoms with Gasteiger partial charge in [0.25, 0.3) is 11.1 Å². The van der Waals surface area contributed by atoms with Gasteiger partial charge in [-0.05, 0) is 36.4 Å². The Kier molecular flexibility index (Phi) is 6.16. The number of alkyl halides is 3. The highest BCUT2D eigenvalue weighted by Gasteiger charge is 2.35. The van der Waals surface area contributed by atoms with Crippen molar-refractivity contribution in [1.82, 2.24) is 44.8 Å². The number of halogens is 3. The number of methoxy groups -OCH3 is 1. The highest BCUT2D eigenvalue weighted by Crippen LogP contribution is 2.33. The van der Waals surface area contributed by atoms with E-state index in [-0.39, 0.29) is 17.0 Å². The largest absolute Gasteiger partial charge is 0.481 e. The molecule has 192 valence electrons. The van der Waals surface area contributed by atoms with E-state index in [1.54, 1.807) is 29.1 Å². The van der Waals surface area contributed by atoms with Gasteiger partial charge in [0.15, 0.2) is 5.69 Å². The van der Waals surface area contributed by atoms with Gasteiger partial charge in [-0.3, -0.25) is 9.59 Å². The Morgan fingerprint density at radius 2 is 1.84 bits per heavy atom. The number of nitrogens with one attached hydrogen (secondary N) is 2. The van der Waals surface area contributed by atoms with Crippen LogP contribution in [-0.4, -0.2) is 51.9 Å². The molecule has 0 saturated carbocycles. The third-order valence-electron chi connectivity index (χ3n) is 5.36. The number of fused-ring (bicyclic) bond motifs is 2. The number of pyridine rings is 2. The van der Waals surface area contributed by atoms with Gasteiger partial charge in [0, 0.05) is 30.1 Å². The van der Waals surface area contributed by atoms with Gasteiger partial charge >= 0.3 is 6.18 Å². The summed E-state index contributed by atoms with van der Waals surface area (Å²) >= 11 is 0. The molecule has 6 heterocycles. The molecule has 38 heavy (non-hydrogen) atoms. The summed E-state index contributed by atoms with van der Waals surface area (Å²) in [6.45, 7) is 0. The van der Waals surface area contributed by atoms with Crippen LogP contribution in [0.4, 0.5) is 13.2 Å². The second-order valence-electron chi connectivity index (χ2n) is 7.68. The lowest BCUT2D eigenvalue weighted by atomic mass is 10.1. The molecule has 2 aliphatic rings. The average Bonchev–Trinajstić information content (AvgIpc) is 3.57. The van der Waals surface area contributed by atoms with Crippen LogP contribution in [-0.2, 0) is 6.18 Å². The molecule has 4 aromatic rings. The van der Waals surface area contributed by atoms with Crippen molar-refractivity contribution in [3.63, 3.8) is 0 Å². The molecule has 15 heteroatoms. The van der Waals surface area contributed by atoms with Crippen LogP contribution in [0, 0.1) is 0 Å². The van der Waals surface area contributed by atoms with E-state index in [9.17, 15) is 22.8 Å². The molecule has 0 fully saturated rings. The van der Waals surface area contributed by atoms with Crippen LogP contribution < -0.4 is 15.9 Å². The van der Waals surface area contributed by atoms with E-state index in [4.69, 9.17) is 4.74 Å².